The summed E-state index contributed by atoms with van der Waals surface area (Å²) >= 11 is 0. The van der Waals surface area contributed by atoms with E-state index in [1.807, 2.05) is 7.05 Å². The first kappa shape index (κ1) is 13.0. The van der Waals surface area contributed by atoms with Crippen molar-refractivity contribution in [1.82, 2.24) is 15.1 Å². The van der Waals surface area contributed by atoms with Crippen LogP contribution in [0.2, 0.25) is 0 Å². The van der Waals surface area contributed by atoms with Crippen molar-refractivity contribution in [2.24, 2.45) is 5.92 Å². The molecule has 1 N–H and O–H groups in total. The van der Waals surface area contributed by atoms with Crippen molar-refractivity contribution in [1.29, 1.82) is 0 Å². The third-order valence-electron chi connectivity index (χ3n) is 3.31. The van der Waals surface area contributed by atoms with Crippen LogP contribution in [-0.4, -0.2) is 55.0 Å². The lowest BCUT2D eigenvalue weighted by Crippen LogP contribution is -2.45. The predicted molar refractivity (Wildman–Crippen MR) is 62.0 cm³/mol. The molecular weight excluding hydrogens is 206 g/mol. The molecule has 2 unspecified atom stereocenters. The van der Waals surface area contributed by atoms with Gasteiger partial charge in [-0.3, -0.25) is 9.69 Å². The fraction of sp³-hybridized carbons (Fsp3) is 0.818. The maximum Gasteiger partial charge on any atom is 0.327 e. The molecule has 1 aliphatic heterocycles. The van der Waals surface area contributed by atoms with Gasteiger partial charge in [0.1, 0.15) is 6.54 Å². The highest BCUT2D eigenvalue weighted by atomic mass is 16.2. The summed E-state index contributed by atoms with van der Waals surface area (Å²) in [4.78, 5) is 26.1. The number of rotatable bonds is 5. The van der Waals surface area contributed by atoms with Gasteiger partial charge in [0.05, 0.1) is 0 Å². The van der Waals surface area contributed by atoms with Crippen molar-refractivity contribution >= 4 is 11.9 Å². The fourth-order valence-corrected chi connectivity index (χ4v) is 1.89. The van der Waals surface area contributed by atoms with E-state index in [2.05, 4.69) is 19.2 Å². The van der Waals surface area contributed by atoms with Gasteiger partial charge in [-0.2, -0.15) is 0 Å². The number of hydrogen-bond donors (Lipinski definition) is 1. The molecule has 0 bridgehead atoms. The molecule has 2 atom stereocenters. The van der Waals surface area contributed by atoms with E-state index in [1.54, 1.807) is 7.05 Å². The predicted octanol–water partition coefficient (Wildman–Crippen LogP) is 0.515. The largest absolute Gasteiger partial charge is 0.327 e. The molecule has 0 radical (unpaired) electrons. The average molecular weight is 227 g/mol. The summed E-state index contributed by atoms with van der Waals surface area (Å²) in [5, 5.41) is 3.17. The molecule has 5 nitrogen and oxygen atoms in total. The van der Waals surface area contributed by atoms with Gasteiger partial charge in [-0.15, -0.1) is 0 Å². The molecule has 92 valence electrons. The second kappa shape index (κ2) is 5.30. The lowest BCUT2D eigenvalue weighted by molar-refractivity contribution is -0.125. The van der Waals surface area contributed by atoms with E-state index >= 15 is 0 Å². The Morgan fingerprint density at radius 1 is 1.44 bits per heavy atom. The first-order chi connectivity index (χ1) is 7.51. The summed E-state index contributed by atoms with van der Waals surface area (Å²) in [6.07, 6.45) is 1.03. The number of nitrogens with zero attached hydrogens (tertiary/aromatic N) is 2. The van der Waals surface area contributed by atoms with Gasteiger partial charge in [-0.05, 0) is 13.0 Å². The maximum absolute atomic E-state index is 11.7. The quantitative estimate of drug-likeness (QED) is 0.696. The van der Waals surface area contributed by atoms with Crippen molar-refractivity contribution in [3.05, 3.63) is 0 Å². The van der Waals surface area contributed by atoms with Crippen molar-refractivity contribution in [2.45, 2.75) is 26.3 Å². The van der Waals surface area contributed by atoms with Gasteiger partial charge < -0.3 is 10.2 Å². The van der Waals surface area contributed by atoms with E-state index in [0.29, 0.717) is 12.5 Å². The van der Waals surface area contributed by atoms with Crippen LogP contribution in [0.3, 0.4) is 0 Å². The van der Waals surface area contributed by atoms with Crippen molar-refractivity contribution in [3.8, 4) is 0 Å². The zero-order valence-electron chi connectivity index (χ0n) is 10.5. The van der Waals surface area contributed by atoms with Crippen LogP contribution in [-0.2, 0) is 4.79 Å². The SMILES string of the molecule is CCC(C)C(CN1C(=O)CN(C)C1=O)NC. The van der Waals surface area contributed by atoms with Gasteiger partial charge in [0.15, 0.2) is 0 Å². The van der Waals surface area contributed by atoms with Crippen LogP contribution in [0.4, 0.5) is 4.79 Å². The highest BCUT2D eigenvalue weighted by Crippen LogP contribution is 2.13. The molecule has 3 amide bonds. The number of carbonyl (C=O) groups excluding carboxylic acids is 2. The first-order valence-electron chi connectivity index (χ1n) is 5.74. The van der Waals surface area contributed by atoms with Gasteiger partial charge in [0, 0.05) is 19.6 Å². The van der Waals surface area contributed by atoms with Crippen LogP contribution >= 0.6 is 0 Å². The van der Waals surface area contributed by atoms with Gasteiger partial charge >= 0.3 is 6.03 Å². The van der Waals surface area contributed by atoms with Crippen molar-refractivity contribution < 1.29 is 9.59 Å². The number of hydrogen-bond acceptors (Lipinski definition) is 3. The molecule has 0 aliphatic carbocycles. The van der Waals surface area contributed by atoms with Gasteiger partial charge in [-0.25, -0.2) is 4.79 Å². The standard InChI is InChI=1S/C11H21N3O2/c1-5-8(2)9(12-3)6-14-10(15)7-13(4)11(14)16/h8-9,12H,5-7H2,1-4H3. The Labute approximate surface area is 96.8 Å². The molecular formula is C11H21N3O2. The molecule has 1 rings (SSSR count). The van der Waals surface area contributed by atoms with Crippen LogP contribution in [0.5, 0.6) is 0 Å². The Balaban J connectivity index is 2.65. The minimum atomic E-state index is -0.187. The summed E-state index contributed by atoms with van der Waals surface area (Å²) in [5.74, 6) is 0.340. The molecule has 1 fully saturated rings. The van der Waals surface area contributed by atoms with E-state index in [0.717, 1.165) is 6.42 Å². The molecule has 0 aromatic rings. The Morgan fingerprint density at radius 2 is 2.06 bits per heavy atom. The zero-order chi connectivity index (χ0) is 12.3. The van der Waals surface area contributed by atoms with E-state index < -0.39 is 0 Å². The van der Waals surface area contributed by atoms with E-state index in [9.17, 15) is 9.59 Å². The second-order valence-corrected chi connectivity index (χ2v) is 4.42. The molecule has 0 spiro atoms. The van der Waals surface area contributed by atoms with Crippen LogP contribution in [0.1, 0.15) is 20.3 Å². The van der Waals surface area contributed by atoms with Gasteiger partial charge in [-0.1, -0.05) is 20.3 Å². The van der Waals surface area contributed by atoms with Crippen molar-refractivity contribution in [2.75, 3.05) is 27.2 Å². The second-order valence-electron chi connectivity index (χ2n) is 4.42. The molecule has 5 heteroatoms. The van der Waals surface area contributed by atoms with Crippen LogP contribution in [0.15, 0.2) is 0 Å². The van der Waals surface area contributed by atoms with Crippen molar-refractivity contribution in [3.63, 3.8) is 0 Å². The highest BCUT2D eigenvalue weighted by Gasteiger charge is 2.35. The summed E-state index contributed by atoms with van der Waals surface area (Å²) in [5.41, 5.74) is 0. The fourth-order valence-electron chi connectivity index (χ4n) is 1.89. The molecule has 1 saturated heterocycles. The van der Waals surface area contributed by atoms with E-state index in [-0.39, 0.29) is 24.5 Å². The third kappa shape index (κ3) is 2.52. The van der Waals surface area contributed by atoms with E-state index in [4.69, 9.17) is 0 Å². The topological polar surface area (TPSA) is 52.7 Å². The third-order valence-corrected chi connectivity index (χ3v) is 3.31. The Kier molecular flexibility index (Phi) is 4.29. The summed E-state index contributed by atoms with van der Waals surface area (Å²) in [6.45, 7) is 4.90. The first-order valence-corrected chi connectivity index (χ1v) is 5.74. The monoisotopic (exact) mass is 227 g/mol. The Hall–Kier alpha value is -1.10. The lowest BCUT2D eigenvalue weighted by atomic mass is 9.99. The molecule has 0 aromatic heterocycles. The Morgan fingerprint density at radius 3 is 2.44 bits per heavy atom. The maximum atomic E-state index is 11.7. The molecule has 1 heterocycles. The van der Waals surface area contributed by atoms with Crippen LogP contribution in [0, 0.1) is 5.92 Å². The summed E-state index contributed by atoms with van der Waals surface area (Å²) < 4.78 is 0. The Bertz CT molecular complexity index is 280. The molecule has 0 saturated carbocycles. The average Bonchev–Trinajstić information content (AvgIpc) is 2.50. The smallest absolute Gasteiger partial charge is 0.318 e. The molecule has 1 aliphatic rings. The van der Waals surface area contributed by atoms with Gasteiger partial charge in [0.2, 0.25) is 5.91 Å². The van der Waals surface area contributed by atoms with Crippen LogP contribution in [0.25, 0.3) is 0 Å². The minimum absolute atomic E-state index is 0.101. The van der Waals surface area contributed by atoms with Gasteiger partial charge in [0.25, 0.3) is 0 Å². The number of likely N-dealkylation sites (N-methyl/N-ethyl adjacent to an activating group) is 2. The number of nitrogens with one attached hydrogen (secondary N) is 1. The number of imide groups is 1. The zero-order valence-corrected chi connectivity index (χ0v) is 10.5. The normalized spacial score (nSPS) is 20.5. The molecule has 0 aromatic carbocycles. The molecule has 16 heavy (non-hydrogen) atoms. The lowest BCUT2D eigenvalue weighted by Gasteiger charge is -2.26. The van der Waals surface area contributed by atoms with Crippen LogP contribution < -0.4 is 5.32 Å². The summed E-state index contributed by atoms with van der Waals surface area (Å²) in [7, 11) is 3.52. The number of carbonyl (C=O) groups is 2. The van der Waals surface area contributed by atoms with E-state index in [1.165, 1.54) is 9.80 Å². The number of amides is 3. The number of urea groups is 1. The summed E-state index contributed by atoms with van der Waals surface area (Å²) in [6, 6.07) is -0.0158. The minimum Gasteiger partial charge on any atom is -0.318 e. The highest BCUT2D eigenvalue weighted by molar-refractivity contribution is 6.01.